The van der Waals surface area contributed by atoms with Crippen molar-refractivity contribution in [1.82, 2.24) is 19.9 Å². The highest BCUT2D eigenvalue weighted by Gasteiger charge is 2.15. The molecule has 1 aliphatic rings. The van der Waals surface area contributed by atoms with Crippen LogP contribution in [0.5, 0.6) is 11.5 Å². The lowest BCUT2D eigenvalue weighted by atomic mass is 10.1. The first-order valence-electron chi connectivity index (χ1n) is 9.54. The summed E-state index contributed by atoms with van der Waals surface area (Å²) in [6, 6.07) is 16.6. The normalized spacial score (nSPS) is 12.3. The van der Waals surface area contributed by atoms with E-state index < -0.39 is 0 Å². The maximum Gasteiger partial charge on any atom is 0.266 e. The second-order valence-electron chi connectivity index (χ2n) is 6.92. The van der Waals surface area contributed by atoms with Gasteiger partial charge in [-0.15, -0.1) is 0 Å². The second kappa shape index (κ2) is 7.47. The molecule has 0 spiro atoms. The van der Waals surface area contributed by atoms with Crippen molar-refractivity contribution in [3.63, 3.8) is 0 Å². The zero-order valence-electron chi connectivity index (χ0n) is 16.2. The van der Waals surface area contributed by atoms with Crippen LogP contribution in [0.2, 0.25) is 0 Å². The highest BCUT2D eigenvalue weighted by Crippen LogP contribution is 2.35. The molecule has 3 heterocycles. The zero-order chi connectivity index (χ0) is 20.5. The first kappa shape index (κ1) is 18.1. The molecule has 0 unspecified atom stereocenters. The maximum absolute atomic E-state index is 12.3. The van der Waals surface area contributed by atoms with Gasteiger partial charge in [-0.1, -0.05) is 29.4 Å². The molecule has 0 N–H and O–H groups in total. The molecule has 0 saturated carbocycles. The Morgan fingerprint density at radius 3 is 2.80 bits per heavy atom. The summed E-state index contributed by atoms with van der Waals surface area (Å²) in [5, 5.41) is 8.54. The van der Waals surface area contributed by atoms with Crippen molar-refractivity contribution in [3.05, 3.63) is 76.4 Å². The summed E-state index contributed by atoms with van der Waals surface area (Å²) in [5.74, 6) is 2.36. The highest BCUT2D eigenvalue weighted by molar-refractivity contribution is 5.64. The van der Waals surface area contributed by atoms with E-state index in [2.05, 4.69) is 15.2 Å². The predicted molar refractivity (Wildman–Crippen MR) is 108 cm³/mol. The monoisotopic (exact) mass is 402 g/mol. The van der Waals surface area contributed by atoms with E-state index in [-0.39, 0.29) is 12.4 Å². The van der Waals surface area contributed by atoms with Gasteiger partial charge in [0.2, 0.25) is 18.5 Å². The van der Waals surface area contributed by atoms with Crippen molar-refractivity contribution in [2.75, 3.05) is 6.79 Å². The van der Waals surface area contributed by atoms with Crippen LogP contribution >= 0.6 is 0 Å². The summed E-state index contributed by atoms with van der Waals surface area (Å²) in [6.45, 7) is 2.53. The largest absolute Gasteiger partial charge is 0.454 e. The van der Waals surface area contributed by atoms with Crippen molar-refractivity contribution < 1.29 is 14.0 Å². The van der Waals surface area contributed by atoms with E-state index in [4.69, 9.17) is 14.0 Å². The molecule has 2 aromatic carbocycles. The number of fused-ring (bicyclic) bond motifs is 1. The quantitative estimate of drug-likeness (QED) is 0.506. The summed E-state index contributed by atoms with van der Waals surface area (Å²) in [5.41, 5.74) is 3.30. The molecular formula is C22H18N4O4. The van der Waals surface area contributed by atoms with E-state index >= 15 is 0 Å². The fourth-order valence-corrected chi connectivity index (χ4v) is 3.31. The summed E-state index contributed by atoms with van der Waals surface area (Å²) in [7, 11) is 0. The van der Waals surface area contributed by atoms with Crippen LogP contribution in [0.3, 0.4) is 0 Å². The molecule has 0 aliphatic carbocycles. The second-order valence-corrected chi connectivity index (χ2v) is 6.92. The minimum absolute atomic E-state index is 0.196. The van der Waals surface area contributed by atoms with Gasteiger partial charge in [0.05, 0.1) is 12.2 Å². The molecule has 0 bridgehead atoms. The minimum Gasteiger partial charge on any atom is -0.454 e. The average Bonchev–Trinajstić information content (AvgIpc) is 3.42. The van der Waals surface area contributed by atoms with Gasteiger partial charge in [0.15, 0.2) is 11.5 Å². The van der Waals surface area contributed by atoms with Gasteiger partial charge in [0, 0.05) is 23.6 Å². The van der Waals surface area contributed by atoms with Gasteiger partial charge in [-0.3, -0.25) is 4.79 Å². The fourth-order valence-electron chi connectivity index (χ4n) is 3.31. The molecule has 0 atom stereocenters. The Morgan fingerprint density at radius 2 is 1.90 bits per heavy atom. The Morgan fingerprint density at radius 1 is 1.03 bits per heavy atom. The van der Waals surface area contributed by atoms with Gasteiger partial charge in [0.1, 0.15) is 0 Å². The van der Waals surface area contributed by atoms with Crippen LogP contribution in [0.25, 0.3) is 22.6 Å². The number of ether oxygens (including phenoxy) is 2. The number of aromatic nitrogens is 4. The van der Waals surface area contributed by atoms with E-state index in [1.807, 2.05) is 49.4 Å². The maximum atomic E-state index is 12.3. The van der Waals surface area contributed by atoms with Gasteiger partial charge in [-0.2, -0.15) is 10.1 Å². The third-order valence-corrected chi connectivity index (χ3v) is 4.93. The number of hydrogen-bond donors (Lipinski definition) is 0. The van der Waals surface area contributed by atoms with Crippen LogP contribution < -0.4 is 15.0 Å². The van der Waals surface area contributed by atoms with Crippen LogP contribution in [0.4, 0.5) is 0 Å². The zero-order valence-corrected chi connectivity index (χ0v) is 16.2. The number of nitrogens with zero attached hydrogens (tertiary/aromatic N) is 4. The van der Waals surface area contributed by atoms with Gasteiger partial charge in [-0.25, -0.2) is 4.68 Å². The summed E-state index contributed by atoms with van der Waals surface area (Å²) < 4.78 is 17.5. The van der Waals surface area contributed by atoms with Crippen LogP contribution in [-0.2, 0) is 13.0 Å². The standard InChI is InChI=1S/C22H18N4O4/c1-14-4-2-3-5-16(14)22-23-20(30-25-22)10-11-26-21(27)9-7-17(24-26)15-6-8-18-19(12-15)29-13-28-18/h2-9,12H,10-11,13H2,1H3. The van der Waals surface area contributed by atoms with Gasteiger partial charge in [-0.05, 0) is 36.8 Å². The SMILES string of the molecule is Cc1ccccc1-c1noc(CCn2nc(-c3ccc4c(c3)OCO4)ccc2=O)n1. The summed E-state index contributed by atoms with van der Waals surface area (Å²) >= 11 is 0. The molecule has 0 amide bonds. The van der Waals surface area contributed by atoms with E-state index in [1.54, 1.807) is 6.07 Å². The lowest BCUT2D eigenvalue weighted by Gasteiger charge is -2.06. The number of rotatable bonds is 5. The molecule has 0 radical (unpaired) electrons. The van der Waals surface area contributed by atoms with Crippen molar-refractivity contribution in [1.29, 1.82) is 0 Å². The Bertz CT molecular complexity index is 1280. The van der Waals surface area contributed by atoms with Crippen molar-refractivity contribution in [2.45, 2.75) is 19.9 Å². The first-order valence-corrected chi connectivity index (χ1v) is 9.54. The molecule has 5 rings (SSSR count). The first-order chi connectivity index (χ1) is 14.7. The molecule has 2 aromatic heterocycles. The Labute approximate surface area is 171 Å². The smallest absolute Gasteiger partial charge is 0.266 e. The molecule has 0 fully saturated rings. The number of hydrogen-bond acceptors (Lipinski definition) is 7. The van der Waals surface area contributed by atoms with Gasteiger partial charge < -0.3 is 14.0 Å². The fraction of sp³-hybridized carbons (Fsp3) is 0.182. The molecular weight excluding hydrogens is 384 g/mol. The van der Waals surface area contributed by atoms with E-state index in [0.29, 0.717) is 41.9 Å². The minimum atomic E-state index is -0.196. The molecule has 1 aliphatic heterocycles. The van der Waals surface area contributed by atoms with E-state index in [1.165, 1.54) is 10.7 Å². The topological polar surface area (TPSA) is 92.3 Å². The Balaban J connectivity index is 1.35. The van der Waals surface area contributed by atoms with Crippen LogP contribution in [-0.4, -0.2) is 26.7 Å². The van der Waals surface area contributed by atoms with Crippen molar-refractivity contribution in [3.8, 4) is 34.1 Å². The van der Waals surface area contributed by atoms with Crippen LogP contribution in [0.1, 0.15) is 11.5 Å². The highest BCUT2D eigenvalue weighted by atomic mass is 16.7. The lowest BCUT2D eigenvalue weighted by Crippen LogP contribution is -2.23. The van der Waals surface area contributed by atoms with Crippen molar-refractivity contribution in [2.24, 2.45) is 0 Å². The lowest BCUT2D eigenvalue weighted by molar-refractivity contribution is 0.174. The Kier molecular flexibility index (Phi) is 4.51. The van der Waals surface area contributed by atoms with E-state index in [9.17, 15) is 4.79 Å². The van der Waals surface area contributed by atoms with Crippen LogP contribution in [0, 0.1) is 6.92 Å². The average molecular weight is 402 g/mol. The molecule has 0 saturated heterocycles. The molecule has 4 aromatic rings. The van der Waals surface area contributed by atoms with Crippen molar-refractivity contribution >= 4 is 0 Å². The molecule has 8 heteroatoms. The third-order valence-electron chi connectivity index (χ3n) is 4.93. The molecule has 30 heavy (non-hydrogen) atoms. The number of aryl methyl sites for hydroxylation is 3. The van der Waals surface area contributed by atoms with Crippen LogP contribution in [0.15, 0.2) is 63.9 Å². The van der Waals surface area contributed by atoms with Gasteiger partial charge in [0.25, 0.3) is 5.56 Å². The molecule has 8 nitrogen and oxygen atoms in total. The predicted octanol–water partition coefficient (Wildman–Crippen LogP) is 3.24. The third kappa shape index (κ3) is 3.43. The van der Waals surface area contributed by atoms with E-state index in [0.717, 1.165) is 16.7 Å². The molecule has 150 valence electrons. The summed E-state index contributed by atoms with van der Waals surface area (Å²) in [6.07, 6.45) is 0.399. The van der Waals surface area contributed by atoms with Gasteiger partial charge >= 0.3 is 0 Å². The Hall–Kier alpha value is -3.94. The number of benzene rings is 2. The summed E-state index contributed by atoms with van der Waals surface area (Å²) in [4.78, 5) is 16.7.